The number of likely N-dealkylation sites (N-methyl/N-ethyl adjacent to an activating group) is 1. The molecule has 4 heteroatoms. The molecule has 0 radical (unpaired) electrons. The van der Waals surface area contributed by atoms with Crippen LogP contribution < -0.4 is 11.1 Å². The number of pyridine rings is 1. The molecule has 0 spiro atoms. The van der Waals surface area contributed by atoms with E-state index in [0.717, 1.165) is 24.2 Å². The predicted octanol–water partition coefficient (Wildman–Crippen LogP) is 2.97. The standard InChI is InChI=1S/C17H30N4/c1-4-11-20-16(14-13-19-12-8-15(14)18)17(21(2)3)9-6-5-7-10-17/h8,12-13,16,20H,4-7,9-11H2,1-3H3,(H2,18,19). The Balaban J connectivity index is 2.39. The van der Waals surface area contributed by atoms with Gasteiger partial charge in [-0.1, -0.05) is 26.2 Å². The van der Waals surface area contributed by atoms with Crippen LogP contribution in [0.5, 0.6) is 0 Å². The van der Waals surface area contributed by atoms with E-state index < -0.39 is 0 Å². The highest BCUT2D eigenvalue weighted by atomic mass is 15.2. The van der Waals surface area contributed by atoms with Gasteiger partial charge in [0.15, 0.2) is 0 Å². The van der Waals surface area contributed by atoms with Crippen LogP contribution in [0.1, 0.15) is 57.1 Å². The average Bonchev–Trinajstić information content (AvgIpc) is 2.50. The van der Waals surface area contributed by atoms with Crippen LogP contribution in [-0.2, 0) is 0 Å². The average molecular weight is 290 g/mol. The van der Waals surface area contributed by atoms with E-state index >= 15 is 0 Å². The van der Waals surface area contributed by atoms with Crippen molar-refractivity contribution < 1.29 is 0 Å². The van der Waals surface area contributed by atoms with E-state index in [-0.39, 0.29) is 11.6 Å². The zero-order valence-corrected chi connectivity index (χ0v) is 13.7. The van der Waals surface area contributed by atoms with Crippen LogP contribution in [0.2, 0.25) is 0 Å². The molecule has 1 fully saturated rings. The quantitative estimate of drug-likeness (QED) is 0.846. The minimum absolute atomic E-state index is 0.143. The lowest BCUT2D eigenvalue weighted by molar-refractivity contribution is 0.0565. The Labute approximate surface area is 129 Å². The molecular formula is C17H30N4. The Kier molecular flexibility index (Phi) is 5.59. The first-order valence-electron chi connectivity index (χ1n) is 8.22. The molecule has 1 aliphatic rings. The van der Waals surface area contributed by atoms with Gasteiger partial charge in [0.2, 0.25) is 0 Å². The third-order valence-electron chi connectivity index (χ3n) is 4.94. The van der Waals surface area contributed by atoms with Crippen molar-refractivity contribution in [3.63, 3.8) is 0 Å². The van der Waals surface area contributed by atoms with Gasteiger partial charge in [-0.3, -0.25) is 4.98 Å². The highest BCUT2D eigenvalue weighted by Crippen LogP contribution is 2.43. The summed E-state index contributed by atoms with van der Waals surface area (Å²) in [6.07, 6.45) is 11.2. The minimum atomic E-state index is 0.143. The summed E-state index contributed by atoms with van der Waals surface area (Å²) in [5.41, 5.74) is 8.41. The van der Waals surface area contributed by atoms with Crippen molar-refractivity contribution in [1.29, 1.82) is 0 Å². The lowest BCUT2D eigenvalue weighted by Gasteiger charge is -2.49. The zero-order valence-electron chi connectivity index (χ0n) is 13.7. The summed E-state index contributed by atoms with van der Waals surface area (Å²) in [5.74, 6) is 0. The van der Waals surface area contributed by atoms with E-state index in [2.05, 4.69) is 36.2 Å². The topological polar surface area (TPSA) is 54.2 Å². The van der Waals surface area contributed by atoms with Crippen LogP contribution in [-0.4, -0.2) is 36.1 Å². The molecule has 118 valence electrons. The van der Waals surface area contributed by atoms with Crippen molar-refractivity contribution in [3.8, 4) is 0 Å². The second-order valence-corrected chi connectivity index (χ2v) is 6.45. The normalized spacial score (nSPS) is 19.6. The van der Waals surface area contributed by atoms with Crippen LogP contribution in [0, 0.1) is 0 Å². The Hall–Kier alpha value is -1.13. The van der Waals surface area contributed by atoms with Gasteiger partial charge < -0.3 is 16.0 Å². The molecule has 1 aliphatic carbocycles. The van der Waals surface area contributed by atoms with Crippen molar-refractivity contribution in [2.45, 2.75) is 57.0 Å². The summed E-state index contributed by atoms with van der Waals surface area (Å²) in [4.78, 5) is 6.73. The number of nitrogen functional groups attached to an aromatic ring is 1. The monoisotopic (exact) mass is 290 g/mol. The van der Waals surface area contributed by atoms with E-state index in [1.54, 1.807) is 6.20 Å². The molecule has 1 aromatic rings. The van der Waals surface area contributed by atoms with Crippen molar-refractivity contribution >= 4 is 5.69 Å². The fourth-order valence-corrected chi connectivity index (χ4v) is 3.69. The number of nitrogens with two attached hydrogens (primary N) is 1. The summed E-state index contributed by atoms with van der Waals surface area (Å²) in [7, 11) is 4.41. The van der Waals surface area contributed by atoms with Gasteiger partial charge in [0.1, 0.15) is 0 Å². The molecule has 4 nitrogen and oxygen atoms in total. The maximum Gasteiger partial charge on any atom is 0.0542 e. The Morgan fingerprint density at radius 1 is 1.33 bits per heavy atom. The number of rotatable bonds is 6. The first-order valence-corrected chi connectivity index (χ1v) is 8.22. The molecule has 0 bridgehead atoms. The Morgan fingerprint density at radius 3 is 2.62 bits per heavy atom. The lowest BCUT2D eigenvalue weighted by Crippen LogP contribution is -2.55. The van der Waals surface area contributed by atoms with Crippen LogP contribution in [0.25, 0.3) is 0 Å². The van der Waals surface area contributed by atoms with Gasteiger partial charge in [-0.05, 0) is 46.0 Å². The van der Waals surface area contributed by atoms with Gasteiger partial charge >= 0.3 is 0 Å². The molecule has 2 rings (SSSR count). The van der Waals surface area contributed by atoms with Crippen LogP contribution in [0.3, 0.4) is 0 Å². The summed E-state index contributed by atoms with van der Waals surface area (Å²) < 4.78 is 0. The van der Waals surface area contributed by atoms with Crippen LogP contribution in [0.15, 0.2) is 18.5 Å². The fourth-order valence-electron chi connectivity index (χ4n) is 3.69. The third-order valence-corrected chi connectivity index (χ3v) is 4.94. The molecule has 3 N–H and O–H groups in total. The number of anilines is 1. The number of aromatic nitrogens is 1. The fraction of sp³-hybridized carbons (Fsp3) is 0.706. The predicted molar refractivity (Wildman–Crippen MR) is 89.2 cm³/mol. The molecule has 1 aromatic heterocycles. The molecule has 21 heavy (non-hydrogen) atoms. The molecule has 0 amide bonds. The first-order chi connectivity index (χ1) is 10.1. The molecule has 0 aliphatic heterocycles. The van der Waals surface area contributed by atoms with Gasteiger partial charge in [0.05, 0.1) is 6.04 Å². The van der Waals surface area contributed by atoms with Gasteiger partial charge in [-0.25, -0.2) is 0 Å². The van der Waals surface area contributed by atoms with E-state index in [1.807, 2.05) is 12.3 Å². The highest BCUT2D eigenvalue weighted by molar-refractivity contribution is 5.47. The van der Waals surface area contributed by atoms with Gasteiger partial charge in [0.25, 0.3) is 0 Å². The molecule has 0 saturated heterocycles. The molecule has 1 saturated carbocycles. The largest absolute Gasteiger partial charge is 0.398 e. The summed E-state index contributed by atoms with van der Waals surface area (Å²) in [6, 6.07) is 2.17. The van der Waals surface area contributed by atoms with E-state index in [0.29, 0.717) is 0 Å². The second kappa shape index (κ2) is 7.23. The molecular weight excluding hydrogens is 260 g/mol. The molecule has 1 heterocycles. The van der Waals surface area contributed by atoms with Crippen molar-refractivity contribution in [2.75, 3.05) is 26.4 Å². The van der Waals surface area contributed by atoms with Gasteiger partial charge in [0, 0.05) is 29.2 Å². The Morgan fingerprint density at radius 2 is 2.05 bits per heavy atom. The second-order valence-electron chi connectivity index (χ2n) is 6.45. The molecule has 1 unspecified atom stereocenters. The summed E-state index contributed by atoms with van der Waals surface area (Å²) >= 11 is 0. The maximum absolute atomic E-state index is 6.26. The molecule has 0 aromatic carbocycles. The number of nitrogens with zero attached hydrogens (tertiary/aromatic N) is 2. The van der Waals surface area contributed by atoms with E-state index in [1.165, 1.54) is 32.1 Å². The van der Waals surface area contributed by atoms with Gasteiger partial charge in [-0.15, -0.1) is 0 Å². The number of hydrogen-bond donors (Lipinski definition) is 2. The number of hydrogen-bond acceptors (Lipinski definition) is 4. The zero-order chi connectivity index (χ0) is 15.3. The Bertz CT molecular complexity index is 438. The van der Waals surface area contributed by atoms with E-state index in [4.69, 9.17) is 5.73 Å². The third kappa shape index (κ3) is 3.38. The van der Waals surface area contributed by atoms with Crippen molar-refractivity contribution in [3.05, 3.63) is 24.0 Å². The maximum atomic E-state index is 6.26. The summed E-state index contributed by atoms with van der Waals surface area (Å²) in [5, 5.41) is 3.76. The first kappa shape index (κ1) is 16.2. The number of nitrogens with one attached hydrogen (secondary N) is 1. The summed E-state index contributed by atoms with van der Waals surface area (Å²) in [6.45, 7) is 3.22. The SMILES string of the molecule is CCCNC(c1cnccc1N)C1(N(C)C)CCCCC1. The van der Waals surface area contributed by atoms with Crippen LogP contribution >= 0.6 is 0 Å². The van der Waals surface area contributed by atoms with Gasteiger partial charge in [-0.2, -0.15) is 0 Å². The van der Waals surface area contributed by atoms with E-state index in [9.17, 15) is 0 Å². The van der Waals surface area contributed by atoms with Crippen molar-refractivity contribution in [2.24, 2.45) is 0 Å². The molecule has 1 atom stereocenters. The smallest absolute Gasteiger partial charge is 0.0542 e. The van der Waals surface area contributed by atoms with Crippen molar-refractivity contribution in [1.82, 2.24) is 15.2 Å². The minimum Gasteiger partial charge on any atom is -0.398 e. The highest BCUT2D eigenvalue weighted by Gasteiger charge is 2.42. The lowest BCUT2D eigenvalue weighted by atomic mass is 9.73. The van der Waals surface area contributed by atoms with Crippen LogP contribution in [0.4, 0.5) is 5.69 Å².